The molecule has 1 aliphatic rings. The van der Waals surface area contributed by atoms with E-state index >= 15 is 0 Å². The van der Waals surface area contributed by atoms with E-state index in [1.165, 1.54) is 21.7 Å². The second-order valence-corrected chi connectivity index (χ2v) is 9.86. The predicted octanol–water partition coefficient (Wildman–Crippen LogP) is 3.15. The number of benzene rings is 2. The molecule has 0 N–H and O–H groups in total. The van der Waals surface area contributed by atoms with Crippen LogP contribution in [0.3, 0.4) is 0 Å². The largest absolute Gasteiger partial charge is 0.337 e. The quantitative estimate of drug-likeness (QED) is 0.600. The molecule has 0 bridgehead atoms. The monoisotopic (exact) mass is 427 g/mol. The van der Waals surface area contributed by atoms with E-state index in [1.807, 2.05) is 42.6 Å². The molecule has 0 saturated carbocycles. The summed E-state index contributed by atoms with van der Waals surface area (Å²) in [5.41, 5.74) is 0.762. The average Bonchev–Trinajstić information content (AvgIpc) is 3.17. The number of nitrogens with zero attached hydrogens (tertiary/aromatic N) is 3. The zero-order valence-electron chi connectivity index (χ0n) is 16.0. The maximum absolute atomic E-state index is 13.0. The molecular weight excluding hydrogens is 406 g/mol. The highest BCUT2D eigenvalue weighted by Crippen LogP contribution is 2.23. The Labute approximate surface area is 174 Å². The molecule has 0 aliphatic carbocycles. The first kappa shape index (κ1) is 19.8. The fourth-order valence-corrected chi connectivity index (χ4v) is 5.38. The number of aryl methyl sites for hydroxylation is 1. The van der Waals surface area contributed by atoms with Crippen LogP contribution in [-0.2, 0) is 14.8 Å². The van der Waals surface area contributed by atoms with Gasteiger partial charge in [0.25, 0.3) is 0 Å². The van der Waals surface area contributed by atoms with Crippen LogP contribution in [0.2, 0.25) is 0 Å². The summed E-state index contributed by atoms with van der Waals surface area (Å²) in [6, 6.07) is 12.9. The number of piperazine rings is 1. The summed E-state index contributed by atoms with van der Waals surface area (Å²) in [7, 11) is -3.59. The van der Waals surface area contributed by atoms with Crippen molar-refractivity contribution >= 4 is 44.1 Å². The van der Waals surface area contributed by atoms with Crippen molar-refractivity contribution in [3.05, 3.63) is 64.6 Å². The highest BCUT2D eigenvalue weighted by Gasteiger charge is 2.29. The van der Waals surface area contributed by atoms with Crippen LogP contribution in [0.1, 0.15) is 10.7 Å². The first-order chi connectivity index (χ1) is 13.9. The maximum atomic E-state index is 13.0. The minimum atomic E-state index is -3.59. The van der Waals surface area contributed by atoms with Crippen LogP contribution in [0.4, 0.5) is 0 Å². The fourth-order valence-electron chi connectivity index (χ4n) is 3.34. The number of hydrogen-bond donors (Lipinski definition) is 0. The van der Waals surface area contributed by atoms with E-state index in [-0.39, 0.29) is 23.9 Å². The average molecular weight is 428 g/mol. The molecule has 150 valence electrons. The smallest absolute Gasteiger partial charge is 0.246 e. The molecule has 2 aromatic carbocycles. The second-order valence-electron chi connectivity index (χ2n) is 6.86. The van der Waals surface area contributed by atoms with Gasteiger partial charge >= 0.3 is 0 Å². The molecule has 1 aromatic heterocycles. The third kappa shape index (κ3) is 4.24. The minimum absolute atomic E-state index is 0.126. The molecule has 2 heterocycles. The van der Waals surface area contributed by atoms with Gasteiger partial charge in [0.15, 0.2) is 0 Å². The van der Waals surface area contributed by atoms with Crippen molar-refractivity contribution in [2.24, 2.45) is 0 Å². The molecule has 0 atom stereocenters. The van der Waals surface area contributed by atoms with Gasteiger partial charge in [-0.2, -0.15) is 4.31 Å². The van der Waals surface area contributed by atoms with Crippen molar-refractivity contribution in [2.45, 2.75) is 11.8 Å². The van der Waals surface area contributed by atoms with Gasteiger partial charge in [-0.05, 0) is 35.9 Å². The summed E-state index contributed by atoms with van der Waals surface area (Å²) in [5.74, 6) is -0.126. The number of carbonyl (C=O) groups excluding carboxylic acids is 1. The maximum Gasteiger partial charge on any atom is 0.246 e. The van der Waals surface area contributed by atoms with Gasteiger partial charge in [0.1, 0.15) is 0 Å². The first-order valence-electron chi connectivity index (χ1n) is 9.31. The van der Waals surface area contributed by atoms with Gasteiger partial charge in [0.2, 0.25) is 15.9 Å². The zero-order valence-corrected chi connectivity index (χ0v) is 17.6. The molecule has 0 radical (unpaired) electrons. The number of rotatable bonds is 4. The van der Waals surface area contributed by atoms with E-state index in [2.05, 4.69) is 4.98 Å². The van der Waals surface area contributed by atoms with Crippen LogP contribution >= 0.6 is 11.3 Å². The lowest BCUT2D eigenvalue weighted by Crippen LogP contribution is -2.50. The Bertz CT molecular complexity index is 1180. The Balaban J connectivity index is 1.42. The van der Waals surface area contributed by atoms with E-state index in [4.69, 9.17) is 0 Å². The van der Waals surface area contributed by atoms with Crippen LogP contribution in [0.5, 0.6) is 0 Å². The Hall–Kier alpha value is -2.55. The number of thiazole rings is 1. The summed E-state index contributed by atoms with van der Waals surface area (Å²) in [4.78, 5) is 18.7. The molecule has 1 aliphatic heterocycles. The molecular formula is C21H21N3O3S2. The van der Waals surface area contributed by atoms with E-state index in [0.29, 0.717) is 13.1 Å². The van der Waals surface area contributed by atoms with Crippen LogP contribution in [0.25, 0.3) is 16.8 Å². The Kier molecular flexibility index (Phi) is 5.49. The molecule has 8 heteroatoms. The van der Waals surface area contributed by atoms with Gasteiger partial charge < -0.3 is 4.90 Å². The van der Waals surface area contributed by atoms with E-state index < -0.39 is 10.0 Å². The lowest BCUT2D eigenvalue weighted by atomic mass is 10.1. The number of aromatic nitrogens is 1. The number of amides is 1. The van der Waals surface area contributed by atoms with Crippen LogP contribution in [0.15, 0.2) is 58.8 Å². The van der Waals surface area contributed by atoms with Crippen molar-refractivity contribution in [2.75, 3.05) is 26.2 Å². The Morgan fingerprint density at radius 2 is 1.79 bits per heavy atom. The molecule has 6 nitrogen and oxygen atoms in total. The number of sulfonamides is 1. The lowest BCUT2D eigenvalue weighted by Gasteiger charge is -2.33. The molecule has 0 spiro atoms. The third-order valence-corrected chi connectivity index (χ3v) is 7.63. The van der Waals surface area contributed by atoms with Gasteiger partial charge in [-0.25, -0.2) is 13.4 Å². The summed E-state index contributed by atoms with van der Waals surface area (Å²) in [6.07, 6.45) is 3.20. The molecule has 29 heavy (non-hydrogen) atoms. The van der Waals surface area contributed by atoms with E-state index in [9.17, 15) is 13.2 Å². The van der Waals surface area contributed by atoms with Gasteiger partial charge in [0.05, 0.1) is 15.6 Å². The molecule has 1 fully saturated rings. The number of carbonyl (C=O) groups is 1. The van der Waals surface area contributed by atoms with Gasteiger partial charge in [0, 0.05) is 37.6 Å². The predicted molar refractivity (Wildman–Crippen MR) is 115 cm³/mol. The van der Waals surface area contributed by atoms with Gasteiger partial charge in [-0.3, -0.25) is 4.79 Å². The Morgan fingerprint density at radius 3 is 2.48 bits per heavy atom. The minimum Gasteiger partial charge on any atom is -0.337 e. The van der Waals surface area contributed by atoms with Gasteiger partial charge in [-0.15, -0.1) is 11.3 Å². The van der Waals surface area contributed by atoms with Crippen molar-refractivity contribution in [3.63, 3.8) is 0 Å². The number of fused-ring (bicyclic) bond motifs is 1. The number of hydrogen-bond acceptors (Lipinski definition) is 5. The second kappa shape index (κ2) is 8.06. The normalized spacial score (nSPS) is 16.0. The van der Waals surface area contributed by atoms with Crippen LogP contribution in [0, 0.1) is 6.92 Å². The first-order valence-corrected chi connectivity index (χ1v) is 11.6. The van der Waals surface area contributed by atoms with Crippen LogP contribution < -0.4 is 0 Å². The zero-order chi connectivity index (χ0) is 20.4. The topological polar surface area (TPSA) is 70.6 Å². The molecule has 1 amide bonds. The standard InChI is InChI=1S/C21H21N3O3S2/c1-16-22-19(15-28-16)7-9-21(25)23-10-12-24(13-11-23)29(26,27)20-8-6-17-4-2-3-5-18(17)14-20/h2-9,14-15H,10-13H2,1H3. The third-order valence-electron chi connectivity index (χ3n) is 4.94. The van der Waals surface area contributed by atoms with Crippen molar-refractivity contribution in [1.82, 2.24) is 14.2 Å². The molecule has 4 rings (SSSR count). The summed E-state index contributed by atoms with van der Waals surface area (Å²) < 4.78 is 27.5. The van der Waals surface area contributed by atoms with Crippen molar-refractivity contribution in [1.29, 1.82) is 0 Å². The fraction of sp³-hybridized carbons (Fsp3) is 0.238. The van der Waals surface area contributed by atoms with Gasteiger partial charge in [-0.1, -0.05) is 30.3 Å². The van der Waals surface area contributed by atoms with Crippen LogP contribution in [-0.4, -0.2) is 54.7 Å². The summed E-state index contributed by atoms with van der Waals surface area (Å²) >= 11 is 1.53. The van der Waals surface area contributed by atoms with E-state index in [0.717, 1.165) is 21.5 Å². The molecule has 3 aromatic rings. The Morgan fingerprint density at radius 1 is 1.07 bits per heavy atom. The summed E-state index contributed by atoms with van der Waals surface area (Å²) in [6.45, 7) is 3.21. The van der Waals surface area contributed by atoms with Crippen molar-refractivity contribution < 1.29 is 13.2 Å². The highest BCUT2D eigenvalue weighted by atomic mass is 32.2. The summed E-state index contributed by atoms with van der Waals surface area (Å²) in [5, 5.41) is 4.74. The molecule has 1 saturated heterocycles. The van der Waals surface area contributed by atoms with E-state index in [1.54, 1.807) is 23.1 Å². The highest BCUT2D eigenvalue weighted by molar-refractivity contribution is 7.89. The van der Waals surface area contributed by atoms with Crippen molar-refractivity contribution in [3.8, 4) is 0 Å². The lowest BCUT2D eigenvalue weighted by molar-refractivity contribution is -0.127. The molecule has 0 unspecified atom stereocenters. The SMILES string of the molecule is Cc1nc(C=CC(=O)N2CCN(S(=O)(=O)c3ccc4ccccc4c3)CC2)cs1.